The molecule has 2 aliphatic rings. The minimum absolute atomic E-state index is 0.0971. The van der Waals surface area contributed by atoms with E-state index in [1.165, 1.54) is 56.7 Å². The van der Waals surface area contributed by atoms with Gasteiger partial charge in [-0.1, -0.05) is 12.8 Å². The van der Waals surface area contributed by atoms with Gasteiger partial charge in [0.15, 0.2) is 11.6 Å². The Balaban J connectivity index is 0.000000218. The number of anilines is 4. The normalized spacial score (nSPS) is 14.6. The van der Waals surface area contributed by atoms with Crippen LogP contribution in [0.25, 0.3) is 0 Å². The fourth-order valence-electron chi connectivity index (χ4n) is 7.06. The Morgan fingerprint density at radius 1 is 0.596 bits per heavy atom. The van der Waals surface area contributed by atoms with Crippen molar-refractivity contribution in [2.45, 2.75) is 65.2 Å². The molecule has 306 valence electrons. The van der Waals surface area contributed by atoms with Crippen molar-refractivity contribution >= 4 is 79.7 Å². The molecule has 0 aromatic heterocycles. The van der Waals surface area contributed by atoms with Crippen LogP contribution in [-0.2, 0) is 0 Å². The summed E-state index contributed by atoms with van der Waals surface area (Å²) < 4.78 is 44.4. The molecule has 2 saturated heterocycles. The Bertz CT molecular complexity index is 1970. The van der Waals surface area contributed by atoms with Crippen LogP contribution in [0.4, 0.5) is 35.9 Å². The highest BCUT2D eigenvalue weighted by Gasteiger charge is 2.20. The second-order valence-corrected chi connectivity index (χ2v) is 17.2. The molecule has 0 spiro atoms. The number of rotatable bonds is 14. The van der Waals surface area contributed by atoms with E-state index in [4.69, 9.17) is 0 Å². The minimum Gasteiger partial charge on any atom is -0.355 e. The van der Waals surface area contributed by atoms with Gasteiger partial charge in [0.1, 0.15) is 5.82 Å². The summed E-state index contributed by atoms with van der Waals surface area (Å²) in [5.74, 6) is -2.99. The minimum atomic E-state index is -1.05. The number of hydrogen-bond donors (Lipinski definition) is 4. The highest BCUT2D eigenvalue weighted by molar-refractivity contribution is 14.1. The molecule has 4 N–H and O–H groups in total. The van der Waals surface area contributed by atoms with Crippen molar-refractivity contribution in [3.63, 3.8) is 0 Å². The van der Waals surface area contributed by atoms with Gasteiger partial charge in [-0.25, -0.2) is 13.2 Å². The Morgan fingerprint density at radius 3 is 1.61 bits per heavy atom. The zero-order valence-corrected chi connectivity index (χ0v) is 37.1. The van der Waals surface area contributed by atoms with Crippen molar-refractivity contribution in [1.82, 2.24) is 20.4 Å². The molecular formula is C44H53F3I2N6O2. The van der Waals surface area contributed by atoms with E-state index >= 15 is 0 Å². The lowest BCUT2D eigenvalue weighted by Gasteiger charge is -2.26. The SMILES string of the molecule is Cc1cc(I)ccc1Nc1c(C(=O)NCCCN2CCCCC2)ccc(F)c1F.Cc1cc(I)ccc1Nc1cc(F)ccc1C(=O)NCCCN1CCCCC1. The fourth-order valence-corrected chi connectivity index (χ4v) is 8.35. The van der Waals surface area contributed by atoms with Gasteiger partial charge in [-0.05, 0) is 215 Å². The molecule has 2 fully saturated rings. The molecule has 0 atom stereocenters. The zero-order chi connectivity index (χ0) is 40.7. The first kappa shape index (κ1) is 44.7. The highest BCUT2D eigenvalue weighted by atomic mass is 127. The molecule has 0 saturated carbocycles. The quantitative estimate of drug-likeness (QED) is 0.0744. The lowest BCUT2D eigenvalue weighted by atomic mass is 10.1. The fraction of sp³-hybridized carbons (Fsp3) is 0.409. The first-order chi connectivity index (χ1) is 27.5. The molecule has 13 heteroatoms. The number of likely N-dealkylation sites (tertiary alicyclic amines) is 2. The Morgan fingerprint density at radius 2 is 1.09 bits per heavy atom. The van der Waals surface area contributed by atoms with Crippen LogP contribution in [0, 0.1) is 38.4 Å². The number of nitrogens with one attached hydrogen (secondary N) is 4. The Hall–Kier alpha value is -3.41. The van der Waals surface area contributed by atoms with Gasteiger partial charge in [-0.3, -0.25) is 9.59 Å². The number of carbonyl (C=O) groups is 2. The molecule has 0 unspecified atom stereocenters. The van der Waals surface area contributed by atoms with Gasteiger partial charge in [-0.15, -0.1) is 0 Å². The van der Waals surface area contributed by atoms with Gasteiger partial charge in [0.05, 0.1) is 22.5 Å². The maximum atomic E-state index is 14.5. The number of carbonyl (C=O) groups excluding carboxylic acids is 2. The Kier molecular flexibility index (Phi) is 17.8. The summed E-state index contributed by atoms with van der Waals surface area (Å²) in [7, 11) is 0. The van der Waals surface area contributed by atoms with Crippen LogP contribution in [0.15, 0.2) is 66.7 Å². The molecular weight excluding hydrogens is 955 g/mol. The predicted molar refractivity (Wildman–Crippen MR) is 242 cm³/mol. The van der Waals surface area contributed by atoms with E-state index in [-0.39, 0.29) is 23.0 Å². The molecule has 0 aliphatic carbocycles. The number of halogens is 5. The van der Waals surface area contributed by atoms with Gasteiger partial charge in [0, 0.05) is 31.6 Å². The summed E-state index contributed by atoms with van der Waals surface area (Å²) in [5, 5.41) is 12.0. The summed E-state index contributed by atoms with van der Waals surface area (Å²) in [6.07, 6.45) is 9.37. The topological polar surface area (TPSA) is 88.7 Å². The van der Waals surface area contributed by atoms with Crippen LogP contribution in [0.1, 0.15) is 83.2 Å². The smallest absolute Gasteiger partial charge is 0.253 e. The molecule has 2 aliphatic heterocycles. The number of piperidine rings is 2. The second-order valence-electron chi connectivity index (χ2n) is 14.7. The van der Waals surface area contributed by atoms with E-state index in [0.29, 0.717) is 30.0 Å². The Labute approximate surface area is 362 Å². The van der Waals surface area contributed by atoms with Gasteiger partial charge in [0.2, 0.25) is 0 Å². The molecule has 2 amide bonds. The third-order valence-corrected chi connectivity index (χ3v) is 11.6. The van der Waals surface area contributed by atoms with Gasteiger partial charge in [0.25, 0.3) is 11.8 Å². The van der Waals surface area contributed by atoms with Crippen molar-refractivity contribution < 1.29 is 22.8 Å². The number of nitrogens with zero attached hydrogens (tertiary/aromatic N) is 2. The first-order valence-electron chi connectivity index (χ1n) is 19.8. The average Bonchev–Trinajstić information content (AvgIpc) is 3.20. The van der Waals surface area contributed by atoms with E-state index < -0.39 is 17.5 Å². The number of amides is 2. The standard InChI is InChI=1S/C22H26F2IN3O.C22H27FIN3O/c1-15-14-16(25)6-9-19(15)27-21-17(7-8-18(23)20(21)24)22(29)26-10-5-13-28-11-3-2-4-12-28;1-16-14-18(24)7-9-20(16)26-21-15-17(23)6-8-19(21)22(28)25-10-5-13-27-11-3-2-4-12-27/h6-9,14,27H,2-5,10-13H2,1H3,(H,26,29);6-9,14-15,26H,2-5,10-13H2,1H3,(H,25,28). The summed E-state index contributed by atoms with van der Waals surface area (Å²) in [6, 6.07) is 18.1. The van der Waals surface area contributed by atoms with Crippen molar-refractivity contribution in [3.05, 3.63) is 114 Å². The van der Waals surface area contributed by atoms with Crippen molar-refractivity contribution in [2.75, 3.05) is 63.0 Å². The molecule has 0 radical (unpaired) electrons. The van der Waals surface area contributed by atoms with Crippen molar-refractivity contribution in [2.24, 2.45) is 0 Å². The third-order valence-electron chi connectivity index (χ3n) is 10.2. The molecule has 4 aromatic rings. The maximum absolute atomic E-state index is 14.5. The molecule has 57 heavy (non-hydrogen) atoms. The highest BCUT2D eigenvalue weighted by Crippen LogP contribution is 2.29. The molecule has 2 heterocycles. The van der Waals surface area contributed by atoms with Gasteiger partial charge >= 0.3 is 0 Å². The van der Waals surface area contributed by atoms with Gasteiger partial charge < -0.3 is 31.1 Å². The summed E-state index contributed by atoms with van der Waals surface area (Å²) in [4.78, 5) is 30.2. The van der Waals surface area contributed by atoms with E-state index in [0.717, 1.165) is 82.1 Å². The monoisotopic (exact) mass is 1010 g/mol. The second kappa shape index (κ2) is 22.7. The van der Waals surface area contributed by atoms with E-state index in [1.54, 1.807) is 12.1 Å². The molecule has 8 nitrogen and oxygen atoms in total. The lowest BCUT2D eigenvalue weighted by molar-refractivity contribution is 0.0943. The largest absolute Gasteiger partial charge is 0.355 e. The van der Waals surface area contributed by atoms with Crippen LogP contribution < -0.4 is 21.3 Å². The summed E-state index contributed by atoms with van der Waals surface area (Å²) >= 11 is 4.44. The van der Waals surface area contributed by atoms with E-state index in [1.807, 2.05) is 44.2 Å². The van der Waals surface area contributed by atoms with E-state index in [9.17, 15) is 22.8 Å². The number of aryl methyl sites for hydroxylation is 2. The van der Waals surface area contributed by atoms with Crippen LogP contribution >= 0.6 is 45.2 Å². The third kappa shape index (κ3) is 13.8. The summed E-state index contributed by atoms with van der Waals surface area (Å²) in [5.41, 5.74) is 4.33. The first-order valence-corrected chi connectivity index (χ1v) is 22.0. The van der Waals surface area contributed by atoms with E-state index in [2.05, 4.69) is 76.2 Å². The van der Waals surface area contributed by atoms with Crippen LogP contribution in [0.5, 0.6) is 0 Å². The van der Waals surface area contributed by atoms with Crippen LogP contribution in [-0.4, -0.2) is 74.0 Å². The average molecular weight is 1010 g/mol. The summed E-state index contributed by atoms with van der Waals surface area (Å²) in [6.45, 7) is 11.5. The van der Waals surface area contributed by atoms with Crippen LogP contribution in [0.2, 0.25) is 0 Å². The molecule has 6 rings (SSSR count). The molecule has 4 aromatic carbocycles. The number of benzene rings is 4. The number of hydrogen-bond acceptors (Lipinski definition) is 6. The van der Waals surface area contributed by atoms with Crippen LogP contribution in [0.3, 0.4) is 0 Å². The predicted octanol–water partition coefficient (Wildman–Crippen LogP) is 10.3. The molecule has 0 bridgehead atoms. The van der Waals surface area contributed by atoms with Gasteiger partial charge in [-0.2, -0.15) is 0 Å². The van der Waals surface area contributed by atoms with Crippen molar-refractivity contribution in [3.8, 4) is 0 Å². The zero-order valence-electron chi connectivity index (χ0n) is 32.8. The van der Waals surface area contributed by atoms with Crippen molar-refractivity contribution in [1.29, 1.82) is 0 Å². The maximum Gasteiger partial charge on any atom is 0.253 e. The lowest BCUT2D eigenvalue weighted by Crippen LogP contribution is -2.33.